The van der Waals surface area contributed by atoms with Crippen LogP contribution in [0.1, 0.15) is 36.5 Å². The number of nitrogens with zero attached hydrogens (tertiary/aromatic N) is 2. The van der Waals surface area contributed by atoms with Crippen LogP contribution in [0, 0.1) is 0 Å². The number of hydrogen-bond donors (Lipinski definition) is 0. The first-order valence-corrected chi connectivity index (χ1v) is 10.2. The average molecular weight is 427 g/mol. The molecule has 0 saturated carbocycles. The third-order valence-corrected chi connectivity index (χ3v) is 5.25. The third-order valence-electron chi connectivity index (χ3n) is 5.25. The van der Waals surface area contributed by atoms with Gasteiger partial charge in [0.15, 0.2) is 0 Å². The fourth-order valence-corrected chi connectivity index (χ4v) is 3.51. The Bertz CT molecular complexity index is 851. The summed E-state index contributed by atoms with van der Waals surface area (Å²) in [4.78, 5) is 6.68. The number of likely N-dealkylation sites (N-methyl/N-ethyl adjacent to an activating group) is 1. The van der Waals surface area contributed by atoms with Gasteiger partial charge in [0.1, 0.15) is 18.1 Å². The Labute approximate surface area is 186 Å². The van der Waals surface area contributed by atoms with E-state index < -0.39 is 0 Å². The number of halogens is 1. The molecule has 30 heavy (non-hydrogen) atoms. The van der Waals surface area contributed by atoms with E-state index in [9.17, 15) is 0 Å². The second-order valence-corrected chi connectivity index (χ2v) is 6.94. The second kappa shape index (κ2) is 12.2. The van der Waals surface area contributed by atoms with Gasteiger partial charge in [0.05, 0.1) is 7.11 Å². The van der Waals surface area contributed by atoms with Gasteiger partial charge in [-0.2, -0.15) is 0 Å². The molecule has 0 aliphatic rings. The fraction of sp³-hybridized carbons (Fsp3) is 0.320. The van der Waals surface area contributed by atoms with Crippen LogP contribution in [0.15, 0.2) is 73.1 Å². The summed E-state index contributed by atoms with van der Waals surface area (Å²) in [6, 6.07) is 20.8. The van der Waals surface area contributed by atoms with E-state index in [1.807, 2.05) is 24.4 Å². The largest absolute Gasteiger partial charge is 0.497 e. The van der Waals surface area contributed by atoms with Crippen molar-refractivity contribution in [1.82, 2.24) is 9.88 Å². The zero-order chi connectivity index (χ0) is 20.5. The molecule has 0 saturated heterocycles. The zero-order valence-corrected chi connectivity index (χ0v) is 18.8. The van der Waals surface area contributed by atoms with Crippen LogP contribution in [0.2, 0.25) is 0 Å². The number of methoxy groups -OCH3 is 1. The van der Waals surface area contributed by atoms with Gasteiger partial charge in [-0.3, -0.25) is 4.98 Å². The van der Waals surface area contributed by atoms with Crippen molar-refractivity contribution >= 4 is 12.4 Å². The van der Waals surface area contributed by atoms with Crippen molar-refractivity contribution in [3.05, 3.63) is 89.7 Å². The summed E-state index contributed by atoms with van der Waals surface area (Å²) in [5.74, 6) is 1.87. The smallest absolute Gasteiger partial charge is 0.119 e. The van der Waals surface area contributed by atoms with Crippen molar-refractivity contribution in [3.8, 4) is 11.5 Å². The summed E-state index contributed by atoms with van der Waals surface area (Å²) >= 11 is 0. The summed E-state index contributed by atoms with van der Waals surface area (Å²) in [5, 5.41) is 0. The fourth-order valence-electron chi connectivity index (χ4n) is 3.51. The first-order valence-electron chi connectivity index (χ1n) is 10.2. The molecule has 0 aliphatic carbocycles. The van der Waals surface area contributed by atoms with Crippen LogP contribution in [0.4, 0.5) is 0 Å². The summed E-state index contributed by atoms with van der Waals surface area (Å²) in [6.07, 6.45) is 3.74. The van der Waals surface area contributed by atoms with Crippen molar-refractivity contribution in [2.45, 2.75) is 19.8 Å². The predicted octanol–water partition coefficient (Wildman–Crippen LogP) is 5.41. The minimum atomic E-state index is 0. The van der Waals surface area contributed by atoms with E-state index in [0.29, 0.717) is 6.61 Å². The number of rotatable bonds is 10. The van der Waals surface area contributed by atoms with Gasteiger partial charge in [-0.15, -0.1) is 12.4 Å². The van der Waals surface area contributed by atoms with Crippen LogP contribution < -0.4 is 9.47 Å². The molecule has 0 N–H and O–H groups in total. The molecule has 3 rings (SSSR count). The van der Waals surface area contributed by atoms with Crippen LogP contribution in [-0.2, 0) is 0 Å². The van der Waals surface area contributed by atoms with Gasteiger partial charge in [0.2, 0.25) is 0 Å². The Morgan fingerprint density at radius 1 is 0.833 bits per heavy atom. The third kappa shape index (κ3) is 6.22. The molecule has 0 aliphatic heterocycles. The highest BCUT2D eigenvalue weighted by Crippen LogP contribution is 2.33. The first kappa shape index (κ1) is 23.7. The maximum absolute atomic E-state index is 5.95. The highest BCUT2D eigenvalue weighted by Gasteiger charge is 2.17. The van der Waals surface area contributed by atoms with Crippen LogP contribution in [0.5, 0.6) is 11.5 Å². The SMILES string of the molecule is CCN(CC)CCOc1ccc(C(c2ccc(OC)cc2)c2cccnc2)cc1.Cl. The van der Waals surface area contributed by atoms with Gasteiger partial charge < -0.3 is 14.4 Å². The lowest BCUT2D eigenvalue weighted by molar-refractivity contribution is 0.223. The molecule has 1 heterocycles. The molecule has 3 aromatic rings. The van der Waals surface area contributed by atoms with Crippen molar-refractivity contribution in [1.29, 1.82) is 0 Å². The number of aromatic nitrogens is 1. The summed E-state index contributed by atoms with van der Waals surface area (Å²) in [6.45, 7) is 8.09. The number of benzene rings is 2. The topological polar surface area (TPSA) is 34.6 Å². The molecule has 0 fully saturated rings. The van der Waals surface area contributed by atoms with E-state index in [2.05, 4.69) is 66.2 Å². The molecule has 1 atom stereocenters. The number of hydrogen-bond acceptors (Lipinski definition) is 4. The molecule has 1 aromatic heterocycles. The Balaban J connectivity index is 0.00000320. The average Bonchev–Trinajstić information content (AvgIpc) is 2.79. The van der Waals surface area contributed by atoms with Crippen molar-refractivity contribution in [3.63, 3.8) is 0 Å². The molecule has 0 spiro atoms. The lowest BCUT2D eigenvalue weighted by Gasteiger charge is -2.20. The first-order chi connectivity index (χ1) is 14.2. The Kier molecular flexibility index (Phi) is 9.65. The van der Waals surface area contributed by atoms with Crippen LogP contribution in [-0.4, -0.2) is 43.2 Å². The van der Waals surface area contributed by atoms with E-state index in [1.54, 1.807) is 13.3 Å². The molecule has 2 aromatic carbocycles. The van der Waals surface area contributed by atoms with Gasteiger partial charge in [-0.1, -0.05) is 44.2 Å². The van der Waals surface area contributed by atoms with Crippen LogP contribution in [0.25, 0.3) is 0 Å². The molecule has 0 radical (unpaired) electrons. The zero-order valence-electron chi connectivity index (χ0n) is 18.0. The van der Waals surface area contributed by atoms with Gasteiger partial charge in [-0.05, 0) is 60.1 Å². The van der Waals surface area contributed by atoms with Crippen molar-refractivity contribution in [2.24, 2.45) is 0 Å². The van der Waals surface area contributed by atoms with E-state index in [0.717, 1.165) is 36.7 Å². The van der Waals surface area contributed by atoms with Gasteiger partial charge in [0, 0.05) is 24.9 Å². The Morgan fingerprint density at radius 3 is 1.93 bits per heavy atom. The Hall–Kier alpha value is -2.56. The maximum atomic E-state index is 5.95. The molecule has 0 bridgehead atoms. The molecule has 160 valence electrons. The molecular formula is C25H31ClN2O2. The number of ether oxygens (including phenoxy) is 2. The van der Waals surface area contributed by atoms with Gasteiger partial charge in [-0.25, -0.2) is 0 Å². The summed E-state index contributed by atoms with van der Waals surface area (Å²) in [5.41, 5.74) is 3.57. The van der Waals surface area contributed by atoms with Gasteiger partial charge >= 0.3 is 0 Å². The quantitative estimate of drug-likeness (QED) is 0.434. The highest BCUT2D eigenvalue weighted by atomic mass is 35.5. The van der Waals surface area contributed by atoms with Gasteiger partial charge in [0.25, 0.3) is 0 Å². The lowest BCUT2D eigenvalue weighted by atomic mass is 9.86. The van der Waals surface area contributed by atoms with Crippen molar-refractivity contribution < 1.29 is 9.47 Å². The monoisotopic (exact) mass is 426 g/mol. The number of pyridine rings is 1. The van der Waals surface area contributed by atoms with Crippen LogP contribution >= 0.6 is 12.4 Å². The lowest BCUT2D eigenvalue weighted by Crippen LogP contribution is -2.27. The van der Waals surface area contributed by atoms with E-state index in [1.165, 1.54) is 11.1 Å². The van der Waals surface area contributed by atoms with Crippen molar-refractivity contribution in [2.75, 3.05) is 33.4 Å². The van der Waals surface area contributed by atoms with E-state index in [-0.39, 0.29) is 18.3 Å². The van der Waals surface area contributed by atoms with E-state index in [4.69, 9.17) is 9.47 Å². The standard InChI is InChI=1S/C25H30N2O2.ClH/c1-4-27(5-2)17-18-29-24-14-10-21(11-15-24)25(22-7-6-16-26-19-22)20-8-12-23(28-3)13-9-20;/h6-16,19,25H,4-5,17-18H2,1-3H3;1H. The summed E-state index contributed by atoms with van der Waals surface area (Å²) in [7, 11) is 1.69. The van der Waals surface area contributed by atoms with E-state index >= 15 is 0 Å². The molecule has 4 nitrogen and oxygen atoms in total. The molecule has 1 unspecified atom stereocenters. The van der Waals surface area contributed by atoms with Crippen LogP contribution in [0.3, 0.4) is 0 Å². The maximum Gasteiger partial charge on any atom is 0.119 e. The molecular weight excluding hydrogens is 396 g/mol. The molecule has 0 amide bonds. The Morgan fingerprint density at radius 2 is 1.43 bits per heavy atom. The summed E-state index contributed by atoms with van der Waals surface area (Å²) < 4.78 is 11.3. The minimum Gasteiger partial charge on any atom is -0.497 e. The predicted molar refractivity (Wildman–Crippen MR) is 125 cm³/mol. The second-order valence-electron chi connectivity index (χ2n) is 6.94. The normalized spacial score (nSPS) is 11.6. The highest BCUT2D eigenvalue weighted by molar-refractivity contribution is 5.85. The molecule has 5 heteroatoms. The minimum absolute atomic E-state index is 0.